The normalized spacial score (nSPS) is 12.2. The summed E-state index contributed by atoms with van der Waals surface area (Å²) in [6.07, 6.45) is -4.62. The lowest BCUT2D eigenvalue weighted by atomic mass is 10.1. The third-order valence-corrected chi connectivity index (χ3v) is 5.15. The number of thioether (sulfide) groups is 1. The van der Waals surface area contributed by atoms with Gasteiger partial charge in [0.2, 0.25) is 17.7 Å². The highest BCUT2D eigenvalue weighted by atomic mass is 32.2. The van der Waals surface area contributed by atoms with Crippen LogP contribution in [0.15, 0.2) is 34.9 Å². The van der Waals surface area contributed by atoms with Crippen LogP contribution >= 0.6 is 11.8 Å². The predicted octanol–water partition coefficient (Wildman–Crippen LogP) is 3.16. The van der Waals surface area contributed by atoms with E-state index in [-0.39, 0.29) is 23.2 Å². The van der Waals surface area contributed by atoms with Gasteiger partial charge in [-0.15, -0.1) is 11.8 Å². The molecule has 1 unspecified atom stereocenters. The molecule has 0 spiro atoms. The summed E-state index contributed by atoms with van der Waals surface area (Å²) in [4.78, 5) is 37.5. The summed E-state index contributed by atoms with van der Waals surface area (Å²) in [6, 6.07) is 6.11. The maximum atomic E-state index is 13.0. The number of hydrogen-bond donors (Lipinski definition) is 2. The molecule has 12 heteroatoms. The van der Waals surface area contributed by atoms with E-state index in [0.29, 0.717) is 5.76 Å². The molecule has 0 bridgehead atoms. The number of carbonyl (C=O) groups is 3. The van der Waals surface area contributed by atoms with E-state index in [2.05, 4.69) is 15.8 Å². The summed E-state index contributed by atoms with van der Waals surface area (Å²) in [6.45, 7) is 2.83. The maximum absolute atomic E-state index is 13.0. The molecule has 1 aromatic heterocycles. The monoisotopic (exact) mass is 458 g/mol. The number of aromatic nitrogens is 1. The molecule has 8 nitrogen and oxygen atoms in total. The highest BCUT2D eigenvalue weighted by Crippen LogP contribution is 2.34. The average molecular weight is 458 g/mol. The highest BCUT2D eigenvalue weighted by Gasteiger charge is 2.33. The number of hydrogen-bond acceptors (Lipinski definition) is 6. The van der Waals surface area contributed by atoms with Crippen molar-refractivity contribution in [3.05, 3.63) is 41.7 Å². The Morgan fingerprint density at radius 3 is 2.52 bits per heavy atom. The van der Waals surface area contributed by atoms with E-state index in [9.17, 15) is 27.6 Å². The summed E-state index contributed by atoms with van der Waals surface area (Å²) >= 11 is 1.04. The number of amides is 3. The number of benzene rings is 1. The fourth-order valence-corrected chi connectivity index (χ4v) is 3.19. The number of halogens is 3. The molecule has 0 fully saturated rings. The molecular formula is C19H21F3N4O4S. The molecule has 0 saturated carbocycles. The van der Waals surface area contributed by atoms with Crippen LogP contribution < -0.4 is 10.6 Å². The van der Waals surface area contributed by atoms with Crippen molar-refractivity contribution in [1.82, 2.24) is 10.1 Å². The molecule has 3 amide bonds. The van der Waals surface area contributed by atoms with Gasteiger partial charge < -0.3 is 20.1 Å². The predicted molar refractivity (Wildman–Crippen MR) is 110 cm³/mol. The largest absolute Gasteiger partial charge is 0.418 e. The Morgan fingerprint density at radius 2 is 1.90 bits per heavy atom. The second kappa shape index (κ2) is 10.3. The number of para-hydroxylation sites is 1. The van der Waals surface area contributed by atoms with Crippen molar-refractivity contribution in [1.29, 1.82) is 0 Å². The van der Waals surface area contributed by atoms with Gasteiger partial charge in [-0.25, -0.2) is 0 Å². The van der Waals surface area contributed by atoms with Crippen LogP contribution in [0.25, 0.3) is 0 Å². The molecule has 2 N–H and O–H groups in total. The Balaban J connectivity index is 1.83. The average Bonchev–Trinajstić information content (AvgIpc) is 3.09. The van der Waals surface area contributed by atoms with Crippen LogP contribution in [-0.2, 0) is 20.6 Å². The summed E-state index contributed by atoms with van der Waals surface area (Å²) < 4.78 is 43.9. The van der Waals surface area contributed by atoms with Gasteiger partial charge in [0.25, 0.3) is 0 Å². The Morgan fingerprint density at radius 1 is 1.23 bits per heavy atom. The topological polar surface area (TPSA) is 105 Å². The van der Waals surface area contributed by atoms with Crippen molar-refractivity contribution in [2.45, 2.75) is 25.3 Å². The quantitative estimate of drug-likeness (QED) is 0.630. The van der Waals surface area contributed by atoms with Gasteiger partial charge >= 0.3 is 6.18 Å². The van der Waals surface area contributed by atoms with E-state index >= 15 is 0 Å². The number of anilines is 2. The van der Waals surface area contributed by atoms with E-state index in [1.807, 2.05) is 0 Å². The number of alkyl halides is 3. The number of nitrogens with zero attached hydrogens (tertiary/aromatic N) is 2. The van der Waals surface area contributed by atoms with E-state index in [0.717, 1.165) is 28.8 Å². The van der Waals surface area contributed by atoms with E-state index in [1.165, 1.54) is 19.2 Å². The van der Waals surface area contributed by atoms with Crippen molar-refractivity contribution in [3.8, 4) is 0 Å². The first-order chi connectivity index (χ1) is 14.5. The first kappa shape index (κ1) is 24.3. The Kier molecular flexibility index (Phi) is 8.08. The van der Waals surface area contributed by atoms with E-state index in [1.54, 1.807) is 19.9 Å². The molecule has 0 aliphatic carbocycles. The minimum Gasteiger partial charge on any atom is -0.360 e. The number of likely N-dealkylation sites (N-methyl/N-ethyl adjacent to an activating group) is 1. The second-order valence-electron chi connectivity index (χ2n) is 6.61. The smallest absolute Gasteiger partial charge is 0.360 e. The third-order valence-electron chi connectivity index (χ3n) is 4.02. The van der Waals surface area contributed by atoms with Crippen LogP contribution in [0.4, 0.5) is 24.7 Å². The zero-order valence-corrected chi connectivity index (χ0v) is 17.8. The van der Waals surface area contributed by atoms with Gasteiger partial charge in [0.15, 0.2) is 5.82 Å². The Hall–Kier alpha value is -3.02. The van der Waals surface area contributed by atoms with Crippen LogP contribution in [0.5, 0.6) is 0 Å². The lowest BCUT2D eigenvalue weighted by Gasteiger charge is -2.19. The van der Waals surface area contributed by atoms with Gasteiger partial charge in [-0.05, 0) is 26.0 Å². The van der Waals surface area contributed by atoms with Gasteiger partial charge in [-0.3, -0.25) is 14.4 Å². The molecular weight excluding hydrogens is 437 g/mol. The molecule has 1 atom stereocenters. The molecule has 1 heterocycles. The Bertz CT molecular complexity index is 948. The van der Waals surface area contributed by atoms with Crippen molar-refractivity contribution >= 4 is 41.0 Å². The summed E-state index contributed by atoms with van der Waals surface area (Å²) in [7, 11) is 1.35. The van der Waals surface area contributed by atoms with Gasteiger partial charge in [-0.1, -0.05) is 17.3 Å². The summed E-state index contributed by atoms with van der Waals surface area (Å²) in [5.41, 5.74) is -1.36. The van der Waals surface area contributed by atoms with Crippen molar-refractivity contribution < 1.29 is 32.1 Å². The maximum Gasteiger partial charge on any atom is 0.418 e. The van der Waals surface area contributed by atoms with Crippen LogP contribution in [0.3, 0.4) is 0 Å². The van der Waals surface area contributed by atoms with Crippen molar-refractivity contribution in [2.75, 3.05) is 30.0 Å². The van der Waals surface area contributed by atoms with Crippen LogP contribution in [0, 0.1) is 6.92 Å². The van der Waals surface area contributed by atoms with Gasteiger partial charge in [-0.2, -0.15) is 13.2 Å². The fourth-order valence-electron chi connectivity index (χ4n) is 2.37. The molecule has 2 aromatic rings. The van der Waals surface area contributed by atoms with Crippen LogP contribution in [0.1, 0.15) is 18.2 Å². The fraction of sp³-hybridized carbons (Fsp3) is 0.368. The minimum absolute atomic E-state index is 0.102. The van der Waals surface area contributed by atoms with Crippen molar-refractivity contribution in [2.24, 2.45) is 0 Å². The molecule has 0 aliphatic rings. The molecule has 31 heavy (non-hydrogen) atoms. The van der Waals surface area contributed by atoms with Gasteiger partial charge in [0, 0.05) is 13.1 Å². The Labute approximate surface area is 180 Å². The zero-order valence-electron chi connectivity index (χ0n) is 16.9. The SMILES string of the molecule is Cc1cc(NC(=O)C(C)SCC(=O)N(C)CC(=O)Nc2ccccc2C(F)(F)F)no1. The standard InChI is InChI=1S/C19H21F3N4O4S/c1-11-8-15(25-30-11)24-18(29)12(2)31-10-17(28)26(3)9-16(27)23-14-7-5-4-6-13(14)19(20,21)22/h4-8,12H,9-10H2,1-3H3,(H,23,27)(H,24,25,29). The summed E-state index contributed by atoms with van der Waals surface area (Å²) in [5, 5.41) is 7.77. The number of rotatable bonds is 8. The minimum atomic E-state index is -4.62. The van der Waals surface area contributed by atoms with Crippen molar-refractivity contribution in [3.63, 3.8) is 0 Å². The number of aryl methyl sites for hydroxylation is 1. The zero-order chi connectivity index (χ0) is 23.2. The molecule has 1 aromatic carbocycles. The van der Waals surface area contributed by atoms with E-state index in [4.69, 9.17) is 4.52 Å². The van der Waals surface area contributed by atoms with Gasteiger partial charge in [0.05, 0.1) is 28.8 Å². The molecule has 168 valence electrons. The lowest BCUT2D eigenvalue weighted by molar-refractivity contribution is -0.137. The first-order valence-electron chi connectivity index (χ1n) is 9.03. The number of nitrogens with one attached hydrogen (secondary N) is 2. The van der Waals surface area contributed by atoms with Gasteiger partial charge in [0.1, 0.15) is 5.76 Å². The lowest BCUT2D eigenvalue weighted by Crippen LogP contribution is -2.37. The molecule has 0 radical (unpaired) electrons. The highest BCUT2D eigenvalue weighted by molar-refractivity contribution is 8.01. The summed E-state index contributed by atoms with van der Waals surface area (Å²) in [5.74, 6) is -0.922. The molecule has 0 aliphatic heterocycles. The molecule has 2 rings (SSSR count). The van der Waals surface area contributed by atoms with Crippen LogP contribution in [-0.4, -0.2) is 52.4 Å². The molecule has 0 saturated heterocycles. The first-order valence-corrected chi connectivity index (χ1v) is 10.1. The van der Waals surface area contributed by atoms with Crippen LogP contribution in [0.2, 0.25) is 0 Å². The number of carbonyl (C=O) groups excluding carboxylic acids is 3. The second-order valence-corrected chi connectivity index (χ2v) is 7.94. The van der Waals surface area contributed by atoms with E-state index < -0.39 is 35.3 Å². The third kappa shape index (κ3) is 7.31.